The van der Waals surface area contributed by atoms with E-state index in [0.717, 1.165) is 5.56 Å². The summed E-state index contributed by atoms with van der Waals surface area (Å²) < 4.78 is 0. The lowest BCUT2D eigenvalue weighted by Gasteiger charge is -2.34. The number of nitrogens with one attached hydrogen (secondary N) is 1. The van der Waals surface area contributed by atoms with Gasteiger partial charge in [0.1, 0.15) is 6.04 Å². The summed E-state index contributed by atoms with van der Waals surface area (Å²) in [6, 6.07) is 8.89. The van der Waals surface area contributed by atoms with E-state index in [2.05, 4.69) is 5.32 Å². The Hall–Kier alpha value is -2.57. The molecule has 154 valence electrons. The third-order valence-electron chi connectivity index (χ3n) is 5.05. The Bertz CT molecular complexity index is 669. The first-order valence-electron chi connectivity index (χ1n) is 9.85. The smallest absolute Gasteiger partial charge is 0.326 e. The summed E-state index contributed by atoms with van der Waals surface area (Å²) in [5, 5.41) is 12.0. The molecule has 2 N–H and O–H groups in total. The van der Waals surface area contributed by atoms with Gasteiger partial charge in [-0.15, -0.1) is 0 Å². The second kappa shape index (κ2) is 10.1. The van der Waals surface area contributed by atoms with Crippen molar-refractivity contribution in [3.05, 3.63) is 35.9 Å². The maximum atomic E-state index is 12.6. The molecule has 0 aromatic heterocycles. The molecule has 1 aromatic rings. The maximum Gasteiger partial charge on any atom is 0.326 e. The van der Waals surface area contributed by atoms with Gasteiger partial charge in [0.25, 0.3) is 0 Å². The first-order chi connectivity index (χ1) is 13.3. The first kappa shape index (κ1) is 21.7. The van der Waals surface area contributed by atoms with Gasteiger partial charge in [0.15, 0.2) is 0 Å². The standard InChI is InChI=1S/C21H31N3O4/c1-15(2)13-18(20(26)27)22-19(25)17-9-11-24(12-10-17)21(28)23(3)14-16-7-5-4-6-8-16/h4-8,15,17-18H,9-14H2,1-3H3,(H,22,25)(H,26,27)/t18-/m1/s1. The lowest BCUT2D eigenvalue weighted by molar-refractivity contribution is -0.143. The number of hydrogen-bond acceptors (Lipinski definition) is 3. The van der Waals surface area contributed by atoms with E-state index < -0.39 is 12.0 Å². The van der Waals surface area contributed by atoms with Crippen LogP contribution in [0.15, 0.2) is 30.3 Å². The molecule has 0 unspecified atom stereocenters. The largest absolute Gasteiger partial charge is 0.480 e. The molecular weight excluding hydrogens is 358 g/mol. The highest BCUT2D eigenvalue weighted by atomic mass is 16.4. The Balaban J connectivity index is 1.83. The minimum absolute atomic E-state index is 0.0501. The van der Waals surface area contributed by atoms with Gasteiger partial charge in [-0.25, -0.2) is 9.59 Å². The molecule has 1 aromatic carbocycles. The fourth-order valence-corrected chi connectivity index (χ4v) is 3.48. The topological polar surface area (TPSA) is 90.0 Å². The van der Waals surface area contributed by atoms with E-state index in [4.69, 9.17) is 0 Å². The van der Waals surface area contributed by atoms with E-state index in [1.807, 2.05) is 44.2 Å². The second-order valence-corrected chi connectivity index (χ2v) is 7.91. The lowest BCUT2D eigenvalue weighted by Crippen LogP contribution is -2.49. The van der Waals surface area contributed by atoms with Gasteiger partial charge in [0, 0.05) is 32.6 Å². The fraction of sp³-hybridized carbons (Fsp3) is 0.571. The van der Waals surface area contributed by atoms with Gasteiger partial charge in [-0.05, 0) is 30.7 Å². The van der Waals surface area contributed by atoms with Crippen LogP contribution in [0.3, 0.4) is 0 Å². The SMILES string of the molecule is CC(C)C[C@@H](NC(=O)C1CCN(C(=O)N(C)Cc2ccccc2)CC1)C(=O)O. The van der Waals surface area contributed by atoms with Gasteiger partial charge in [0.2, 0.25) is 5.91 Å². The monoisotopic (exact) mass is 389 g/mol. The molecule has 1 aliphatic heterocycles. The zero-order valence-electron chi connectivity index (χ0n) is 16.9. The van der Waals surface area contributed by atoms with Crippen LogP contribution in [0, 0.1) is 11.8 Å². The van der Waals surface area contributed by atoms with Gasteiger partial charge in [-0.3, -0.25) is 4.79 Å². The summed E-state index contributed by atoms with van der Waals surface area (Å²) in [7, 11) is 1.78. The molecule has 1 atom stereocenters. The summed E-state index contributed by atoms with van der Waals surface area (Å²) in [5.41, 5.74) is 1.07. The lowest BCUT2D eigenvalue weighted by atomic mass is 9.95. The van der Waals surface area contributed by atoms with Crippen LogP contribution in [0.1, 0.15) is 38.7 Å². The van der Waals surface area contributed by atoms with E-state index in [-0.39, 0.29) is 23.8 Å². The third-order valence-corrected chi connectivity index (χ3v) is 5.05. The van der Waals surface area contributed by atoms with Crippen LogP contribution < -0.4 is 5.32 Å². The van der Waals surface area contributed by atoms with Crippen LogP contribution in [0.4, 0.5) is 4.79 Å². The van der Waals surface area contributed by atoms with Crippen molar-refractivity contribution in [3.8, 4) is 0 Å². The highest BCUT2D eigenvalue weighted by molar-refractivity contribution is 5.85. The summed E-state index contributed by atoms with van der Waals surface area (Å²) in [6.07, 6.45) is 1.50. The summed E-state index contributed by atoms with van der Waals surface area (Å²) >= 11 is 0. The number of piperidine rings is 1. The Morgan fingerprint density at radius 1 is 1.18 bits per heavy atom. The van der Waals surface area contributed by atoms with Crippen LogP contribution in [0.5, 0.6) is 0 Å². The number of carbonyl (C=O) groups is 3. The molecule has 7 nitrogen and oxygen atoms in total. The number of rotatable bonds is 7. The molecule has 1 fully saturated rings. The van der Waals surface area contributed by atoms with Crippen molar-refractivity contribution >= 4 is 17.9 Å². The molecule has 2 rings (SSSR count). The first-order valence-corrected chi connectivity index (χ1v) is 9.85. The Morgan fingerprint density at radius 2 is 1.79 bits per heavy atom. The molecule has 0 radical (unpaired) electrons. The number of aliphatic carboxylic acids is 1. The summed E-state index contributed by atoms with van der Waals surface area (Å²) in [5.74, 6) is -1.30. The van der Waals surface area contributed by atoms with Crippen LogP contribution >= 0.6 is 0 Å². The zero-order chi connectivity index (χ0) is 20.7. The molecule has 7 heteroatoms. The number of amides is 3. The van der Waals surface area contributed by atoms with Gasteiger partial charge >= 0.3 is 12.0 Å². The molecular formula is C21H31N3O4. The number of likely N-dealkylation sites (tertiary alicyclic amines) is 1. The van der Waals surface area contributed by atoms with Gasteiger partial charge in [-0.2, -0.15) is 0 Å². The predicted molar refractivity (Wildman–Crippen MR) is 107 cm³/mol. The highest BCUT2D eigenvalue weighted by Gasteiger charge is 2.31. The molecule has 1 saturated heterocycles. The number of urea groups is 1. The van der Waals surface area contributed by atoms with Crippen LogP contribution in [0.2, 0.25) is 0 Å². The number of carbonyl (C=O) groups excluding carboxylic acids is 2. The molecule has 0 aliphatic carbocycles. The van der Waals surface area contributed by atoms with Gasteiger partial charge in [0.05, 0.1) is 0 Å². The molecule has 3 amide bonds. The average molecular weight is 389 g/mol. The molecule has 28 heavy (non-hydrogen) atoms. The van der Waals surface area contributed by atoms with E-state index >= 15 is 0 Å². The third kappa shape index (κ3) is 6.25. The minimum Gasteiger partial charge on any atom is -0.480 e. The van der Waals surface area contributed by atoms with Crippen molar-refractivity contribution in [3.63, 3.8) is 0 Å². The quantitative estimate of drug-likeness (QED) is 0.750. The number of benzene rings is 1. The second-order valence-electron chi connectivity index (χ2n) is 7.91. The van der Waals surface area contributed by atoms with Crippen LogP contribution in [0.25, 0.3) is 0 Å². The number of hydrogen-bond donors (Lipinski definition) is 2. The van der Waals surface area contributed by atoms with E-state index in [1.54, 1.807) is 16.8 Å². The zero-order valence-corrected chi connectivity index (χ0v) is 16.9. The number of nitrogens with zero attached hydrogens (tertiary/aromatic N) is 2. The van der Waals surface area contributed by atoms with E-state index in [0.29, 0.717) is 38.9 Å². The highest BCUT2D eigenvalue weighted by Crippen LogP contribution is 2.19. The maximum absolute atomic E-state index is 12.6. The normalized spacial score (nSPS) is 15.9. The van der Waals surface area contributed by atoms with Gasteiger partial charge < -0.3 is 20.2 Å². The molecule has 1 heterocycles. The summed E-state index contributed by atoms with van der Waals surface area (Å²) in [6.45, 7) is 5.39. The van der Waals surface area contributed by atoms with Crippen molar-refractivity contribution in [1.82, 2.24) is 15.1 Å². The van der Waals surface area contributed by atoms with Crippen molar-refractivity contribution in [2.45, 2.75) is 45.7 Å². The van der Waals surface area contributed by atoms with Crippen LogP contribution in [-0.2, 0) is 16.1 Å². The average Bonchev–Trinajstić information content (AvgIpc) is 2.67. The van der Waals surface area contributed by atoms with Crippen molar-refractivity contribution < 1.29 is 19.5 Å². The van der Waals surface area contributed by atoms with Crippen LogP contribution in [-0.4, -0.2) is 59.0 Å². The van der Waals surface area contributed by atoms with E-state index in [1.165, 1.54) is 0 Å². The Morgan fingerprint density at radius 3 is 2.32 bits per heavy atom. The minimum atomic E-state index is -1.00. The molecule has 0 saturated carbocycles. The Kier molecular flexibility index (Phi) is 7.84. The number of carboxylic acids is 1. The number of carboxylic acid groups (broad SMARTS) is 1. The fourth-order valence-electron chi connectivity index (χ4n) is 3.48. The molecule has 0 bridgehead atoms. The van der Waals surface area contributed by atoms with E-state index in [9.17, 15) is 19.5 Å². The molecule has 1 aliphatic rings. The van der Waals surface area contributed by atoms with Crippen molar-refractivity contribution in [2.24, 2.45) is 11.8 Å². The summed E-state index contributed by atoms with van der Waals surface area (Å²) in [4.78, 5) is 39.9. The Labute approximate surface area is 166 Å². The van der Waals surface area contributed by atoms with Crippen molar-refractivity contribution in [1.29, 1.82) is 0 Å². The van der Waals surface area contributed by atoms with Gasteiger partial charge in [-0.1, -0.05) is 44.2 Å². The predicted octanol–water partition coefficient (Wildman–Crippen LogP) is 2.57. The molecule has 0 spiro atoms. The van der Waals surface area contributed by atoms with Crippen molar-refractivity contribution in [2.75, 3.05) is 20.1 Å².